The van der Waals surface area contributed by atoms with Crippen molar-refractivity contribution in [1.82, 2.24) is 10.3 Å². The van der Waals surface area contributed by atoms with E-state index in [1.165, 1.54) is 0 Å². The summed E-state index contributed by atoms with van der Waals surface area (Å²) in [5.74, 6) is 1.06. The molecule has 0 aliphatic carbocycles. The van der Waals surface area contributed by atoms with E-state index >= 15 is 0 Å². The van der Waals surface area contributed by atoms with Crippen molar-refractivity contribution in [3.8, 4) is 0 Å². The smallest absolute Gasteiger partial charge is 0.150 e. The minimum atomic E-state index is 0.425. The van der Waals surface area contributed by atoms with Crippen LogP contribution in [0.25, 0.3) is 0 Å². The highest BCUT2D eigenvalue weighted by atomic mass is 32.2. The predicted octanol–water partition coefficient (Wildman–Crippen LogP) is 2.17. The van der Waals surface area contributed by atoms with E-state index in [0.717, 1.165) is 28.9 Å². The van der Waals surface area contributed by atoms with E-state index in [-0.39, 0.29) is 0 Å². The van der Waals surface area contributed by atoms with Gasteiger partial charge in [-0.05, 0) is 13.8 Å². The lowest BCUT2D eigenvalue weighted by molar-refractivity contribution is 0.173. The second kappa shape index (κ2) is 7.22. The van der Waals surface area contributed by atoms with Crippen LogP contribution in [0.1, 0.15) is 12.6 Å². The number of aromatic nitrogens is 1. The average Bonchev–Trinajstić information content (AvgIpc) is 2.60. The standard InChI is InChI=1S/C10H18N2OS2/c1-8(6-13-3)11-4-5-14-10-12-9(2)7-15-10/h7-8,11H,4-6H2,1-3H3. The Morgan fingerprint density at radius 1 is 1.67 bits per heavy atom. The Morgan fingerprint density at radius 2 is 2.47 bits per heavy atom. The topological polar surface area (TPSA) is 34.1 Å². The summed E-state index contributed by atoms with van der Waals surface area (Å²) >= 11 is 3.52. The van der Waals surface area contributed by atoms with Crippen LogP contribution in [-0.4, -0.2) is 37.0 Å². The summed E-state index contributed by atoms with van der Waals surface area (Å²) in [5, 5.41) is 5.48. The summed E-state index contributed by atoms with van der Waals surface area (Å²) in [7, 11) is 1.73. The van der Waals surface area contributed by atoms with Crippen molar-refractivity contribution in [2.75, 3.05) is 26.0 Å². The fraction of sp³-hybridized carbons (Fsp3) is 0.700. The van der Waals surface area contributed by atoms with Crippen molar-refractivity contribution in [1.29, 1.82) is 0 Å². The number of hydrogen-bond acceptors (Lipinski definition) is 5. The van der Waals surface area contributed by atoms with Crippen LogP contribution in [-0.2, 0) is 4.74 Å². The Morgan fingerprint density at radius 3 is 3.07 bits per heavy atom. The lowest BCUT2D eigenvalue weighted by Gasteiger charge is -2.11. The zero-order chi connectivity index (χ0) is 11.1. The van der Waals surface area contributed by atoms with Crippen LogP contribution in [0, 0.1) is 6.92 Å². The van der Waals surface area contributed by atoms with Crippen LogP contribution >= 0.6 is 23.1 Å². The summed E-state index contributed by atoms with van der Waals surface area (Å²) in [4.78, 5) is 4.39. The van der Waals surface area contributed by atoms with Crippen molar-refractivity contribution >= 4 is 23.1 Å². The average molecular weight is 246 g/mol. The molecule has 0 bridgehead atoms. The minimum absolute atomic E-state index is 0.425. The molecule has 0 aromatic carbocycles. The number of hydrogen-bond donors (Lipinski definition) is 1. The molecule has 1 atom stereocenters. The molecule has 0 fully saturated rings. The molecule has 0 amide bonds. The number of thioether (sulfide) groups is 1. The van der Waals surface area contributed by atoms with Gasteiger partial charge in [0, 0.05) is 36.5 Å². The van der Waals surface area contributed by atoms with Crippen LogP contribution in [0.2, 0.25) is 0 Å². The molecule has 1 N–H and O–H groups in total. The van der Waals surface area contributed by atoms with Gasteiger partial charge in [-0.25, -0.2) is 4.98 Å². The first-order valence-corrected chi connectivity index (χ1v) is 6.86. The van der Waals surface area contributed by atoms with Crippen molar-refractivity contribution in [2.24, 2.45) is 0 Å². The molecule has 3 nitrogen and oxygen atoms in total. The second-order valence-electron chi connectivity index (χ2n) is 3.41. The lowest BCUT2D eigenvalue weighted by Crippen LogP contribution is -2.31. The van der Waals surface area contributed by atoms with Gasteiger partial charge in [0.1, 0.15) is 4.34 Å². The highest BCUT2D eigenvalue weighted by Gasteiger charge is 2.01. The molecule has 0 aliphatic rings. The van der Waals surface area contributed by atoms with E-state index in [9.17, 15) is 0 Å². The van der Waals surface area contributed by atoms with E-state index in [0.29, 0.717) is 6.04 Å². The van der Waals surface area contributed by atoms with Gasteiger partial charge in [0.25, 0.3) is 0 Å². The Balaban J connectivity index is 2.06. The van der Waals surface area contributed by atoms with Crippen LogP contribution < -0.4 is 5.32 Å². The third-order valence-electron chi connectivity index (χ3n) is 1.84. The molecule has 0 radical (unpaired) electrons. The Kier molecular flexibility index (Phi) is 6.24. The van der Waals surface area contributed by atoms with Crippen LogP contribution in [0.3, 0.4) is 0 Å². The SMILES string of the molecule is COCC(C)NCCSc1nc(C)cs1. The maximum atomic E-state index is 5.04. The minimum Gasteiger partial charge on any atom is -0.383 e. The summed E-state index contributed by atoms with van der Waals surface area (Å²) in [6.45, 7) is 5.91. The van der Waals surface area contributed by atoms with Crippen LogP contribution in [0.5, 0.6) is 0 Å². The van der Waals surface area contributed by atoms with Gasteiger partial charge in [0.15, 0.2) is 0 Å². The molecular weight excluding hydrogens is 228 g/mol. The molecule has 0 saturated carbocycles. The largest absolute Gasteiger partial charge is 0.383 e. The van der Waals surface area contributed by atoms with Gasteiger partial charge in [0.2, 0.25) is 0 Å². The first-order valence-electron chi connectivity index (χ1n) is 4.99. The van der Waals surface area contributed by atoms with E-state index in [1.807, 2.05) is 6.92 Å². The number of rotatable bonds is 7. The molecule has 15 heavy (non-hydrogen) atoms. The highest BCUT2D eigenvalue weighted by Crippen LogP contribution is 2.21. The Labute approximate surface area is 99.6 Å². The second-order valence-corrected chi connectivity index (χ2v) is 5.61. The van der Waals surface area contributed by atoms with Crippen LogP contribution in [0.4, 0.5) is 0 Å². The summed E-state index contributed by atoms with van der Waals surface area (Å²) in [6.07, 6.45) is 0. The molecule has 1 unspecified atom stereocenters. The molecule has 1 heterocycles. The van der Waals surface area contributed by atoms with Crippen molar-refractivity contribution in [2.45, 2.75) is 24.2 Å². The van der Waals surface area contributed by atoms with E-state index in [2.05, 4.69) is 22.6 Å². The van der Waals surface area contributed by atoms with Gasteiger partial charge in [-0.15, -0.1) is 11.3 Å². The summed E-state index contributed by atoms with van der Waals surface area (Å²) in [6, 6.07) is 0.425. The molecule has 0 saturated heterocycles. The lowest BCUT2D eigenvalue weighted by atomic mass is 10.4. The van der Waals surface area contributed by atoms with Gasteiger partial charge in [0.05, 0.1) is 6.61 Å². The zero-order valence-corrected chi connectivity index (χ0v) is 11.1. The van der Waals surface area contributed by atoms with Crippen molar-refractivity contribution in [3.05, 3.63) is 11.1 Å². The van der Waals surface area contributed by atoms with Gasteiger partial charge in [-0.1, -0.05) is 11.8 Å². The Bertz CT molecular complexity index is 278. The number of ether oxygens (including phenoxy) is 1. The van der Waals surface area contributed by atoms with E-state index < -0.39 is 0 Å². The quantitative estimate of drug-likeness (QED) is 0.590. The highest BCUT2D eigenvalue weighted by molar-refractivity contribution is 8.01. The first-order chi connectivity index (χ1) is 7.22. The molecule has 86 valence electrons. The monoisotopic (exact) mass is 246 g/mol. The maximum Gasteiger partial charge on any atom is 0.150 e. The molecule has 0 spiro atoms. The zero-order valence-electron chi connectivity index (χ0n) is 9.45. The van der Waals surface area contributed by atoms with Gasteiger partial charge in [-0.2, -0.15) is 0 Å². The van der Waals surface area contributed by atoms with Crippen molar-refractivity contribution < 1.29 is 4.74 Å². The third kappa shape index (κ3) is 5.51. The van der Waals surface area contributed by atoms with Crippen molar-refractivity contribution in [3.63, 3.8) is 0 Å². The predicted molar refractivity (Wildman–Crippen MR) is 66.9 cm³/mol. The maximum absolute atomic E-state index is 5.04. The number of nitrogens with zero attached hydrogens (tertiary/aromatic N) is 1. The van der Waals surface area contributed by atoms with Gasteiger partial charge in [-0.3, -0.25) is 0 Å². The number of methoxy groups -OCH3 is 1. The molecule has 5 heteroatoms. The normalized spacial score (nSPS) is 13.0. The number of aryl methyl sites for hydroxylation is 1. The molecular formula is C10H18N2OS2. The molecule has 1 aromatic rings. The van der Waals surface area contributed by atoms with E-state index in [4.69, 9.17) is 4.74 Å². The van der Waals surface area contributed by atoms with Gasteiger partial charge < -0.3 is 10.1 Å². The first kappa shape index (κ1) is 13.0. The fourth-order valence-corrected chi connectivity index (χ4v) is 2.94. The summed E-state index contributed by atoms with van der Waals surface area (Å²) in [5.41, 5.74) is 1.11. The van der Waals surface area contributed by atoms with E-state index in [1.54, 1.807) is 30.2 Å². The fourth-order valence-electron chi connectivity index (χ4n) is 1.15. The van der Waals surface area contributed by atoms with Gasteiger partial charge >= 0.3 is 0 Å². The summed E-state index contributed by atoms with van der Waals surface area (Å²) < 4.78 is 6.20. The number of thiazole rings is 1. The molecule has 1 rings (SSSR count). The number of nitrogens with one attached hydrogen (secondary N) is 1. The Hall–Kier alpha value is -0.100. The van der Waals surface area contributed by atoms with Crippen LogP contribution in [0.15, 0.2) is 9.72 Å². The third-order valence-corrected chi connectivity index (χ3v) is 3.98. The molecule has 0 aliphatic heterocycles. The molecule has 1 aromatic heterocycles.